The summed E-state index contributed by atoms with van der Waals surface area (Å²) in [5.74, 6) is 0.387. The highest BCUT2D eigenvalue weighted by Gasteiger charge is 2.10. The number of carbonyl (C=O) groups excluding carboxylic acids is 1. The zero-order valence-electron chi connectivity index (χ0n) is 11.6. The lowest BCUT2D eigenvalue weighted by atomic mass is 10.1. The van der Waals surface area contributed by atoms with E-state index in [1.807, 2.05) is 25.1 Å². The molecule has 4 nitrogen and oxygen atoms in total. The van der Waals surface area contributed by atoms with Gasteiger partial charge in [-0.25, -0.2) is 4.98 Å². The van der Waals surface area contributed by atoms with E-state index >= 15 is 0 Å². The first-order chi connectivity index (χ1) is 10.0. The second-order valence-corrected chi connectivity index (χ2v) is 5.28. The Hall–Kier alpha value is -2.33. The van der Waals surface area contributed by atoms with Crippen molar-refractivity contribution in [2.24, 2.45) is 0 Å². The molecule has 1 aromatic heterocycles. The first-order valence-corrected chi connectivity index (χ1v) is 6.85. The molecule has 0 saturated heterocycles. The van der Waals surface area contributed by atoms with Crippen LogP contribution < -0.4 is 5.32 Å². The van der Waals surface area contributed by atoms with Gasteiger partial charge in [-0.05, 0) is 42.8 Å². The predicted molar refractivity (Wildman–Crippen MR) is 83.5 cm³/mol. The number of nitrogens with one attached hydrogen (secondary N) is 1. The molecule has 0 saturated carbocycles. The van der Waals surface area contributed by atoms with Crippen molar-refractivity contribution >= 4 is 34.3 Å². The zero-order valence-corrected chi connectivity index (χ0v) is 12.4. The summed E-state index contributed by atoms with van der Waals surface area (Å²) in [6, 6.07) is 11.0. The lowest BCUT2D eigenvalue weighted by Gasteiger charge is -2.07. The average Bonchev–Trinajstić information content (AvgIpc) is 2.83. The molecule has 1 N–H and O–H groups in total. The lowest BCUT2D eigenvalue weighted by Crippen LogP contribution is -2.07. The number of anilines is 1. The molecule has 0 spiro atoms. The topological polar surface area (TPSA) is 55.1 Å². The van der Waals surface area contributed by atoms with E-state index in [-0.39, 0.29) is 5.91 Å². The third-order valence-electron chi connectivity index (χ3n) is 3.14. The fourth-order valence-electron chi connectivity index (χ4n) is 2.10. The van der Waals surface area contributed by atoms with Crippen LogP contribution in [0, 0.1) is 6.92 Å². The maximum Gasteiger partial charge on any atom is 0.227 e. The van der Waals surface area contributed by atoms with E-state index in [9.17, 15) is 4.79 Å². The molecule has 2 aromatic carbocycles. The Balaban J connectivity index is 2.07. The number of aromatic nitrogens is 1. The highest BCUT2D eigenvalue weighted by Crippen LogP contribution is 2.29. The summed E-state index contributed by atoms with van der Waals surface area (Å²) in [5.41, 5.74) is 3.92. The number of nitrogens with zero attached hydrogens (tertiary/aromatic N) is 1. The number of oxazole rings is 1. The number of rotatable bonds is 2. The number of halogens is 1. The van der Waals surface area contributed by atoms with Gasteiger partial charge in [-0.15, -0.1) is 0 Å². The molecular weight excluding hydrogens is 288 g/mol. The van der Waals surface area contributed by atoms with Crippen LogP contribution in [0.4, 0.5) is 5.69 Å². The van der Waals surface area contributed by atoms with E-state index < -0.39 is 0 Å². The minimum absolute atomic E-state index is 0.111. The Morgan fingerprint density at radius 2 is 2.05 bits per heavy atom. The summed E-state index contributed by atoms with van der Waals surface area (Å²) in [7, 11) is 0. The number of amides is 1. The molecule has 0 aliphatic rings. The maximum atomic E-state index is 11.2. The van der Waals surface area contributed by atoms with E-state index in [4.69, 9.17) is 16.0 Å². The largest absolute Gasteiger partial charge is 0.436 e. The van der Waals surface area contributed by atoms with E-state index in [0.717, 1.165) is 16.8 Å². The average molecular weight is 301 g/mol. The molecule has 0 fully saturated rings. The summed E-state index contributed by atoms with van der Waals surface area (Å²) >= 11 is 5.95. The van der Waals surface area contributed by atoms with Crippen molar-refractivity contribution in [2.45, 2.75) is 13.8 Å². The monoisotopic (exact) mass is 300 g/mol. The van der Waals surface area contributed by atoms with Gasteiger partial charge in [0.1, 0.15) is 5.52 Å². The van der Waals surface area contributed by atoms with Crippen LogP contribution in [0.1, 0.15) is 12.5 Å². The van der Waals surface area contributed by atoms with Gasteiger partial charge in [-0.3, -0.25) is 4.79 Å². The summed E-state index contributed by atoms with van der Waals surface area (Å²) in [6.07, 6.45) is 0. The predicted octanol–water partition coefficient (Wildman–Crippen LogP) is 4.42. The van der Waals surface area contributed by atoms with Gasteiger partial charge in [0.15, 0.2) is 5.58 Å². The van der Waals surface area contributed by atoms with E-state index in [2.05, 4.69) is 10.3 Å². The SMILES string of the molecule is CC(=O)Nc1cc(-c2nc3cc(Cl)ccc3o2)ccc1C. The van der Waals surface area contributed by atoms with Crippen molar-refractivity contribution in [1.82, 2.24) is 4.98 Å². The Morgan fingerprint density at radius 3 is 2.81 bits per heavy atom. The van der Waals surface area contributed by atoms with Gasteiger partial charge in [0.05, 0.1) is 0 Å². The number of fused-ring (bicyclic) bond motifs is 1. The standard InChI is InChI=1S/C16H13ClN2O2/c1-9-3-4-11(7-13(9)18-10(2)20)16-19-14-8-12(17)5-6-15(14)21-16/h3-8H,1-2H3,(H,18,20). The molecule has 0 aliphatic heterocycles. The number of hydrogen-bond donors (Lipinski definition) is 1. The first kappa shape index (κ1) is 13.6. The third-order valence-corrected chi connectivity index (χ3v) is 3.38. The third kappa shape index (κ3) is 2.76. The van der Waals surface area contributed by atoms with Crippen LogP contribution in [-0.4, -0.2) is 10.9 Å². The summed E-state index contributed by atoms with van der Waals surface area (Å²) < 4.78 is 5.73. The molecule has 0 atom stereocenters. The van der Waals surface area contributed by atoms with Crippen molar-refractivity contribution in [3.63, 3.8) is 0 Å². The normalized spacial score (nSPS) is 10.8. The van der Waals surface area contributed by atoms with Crippen molar-refractivity contribution in [1.29, 1.82) is 0 Å². The fraction of sp³-hybridized carbons (Fsp3) is 0.125. The number of hydrogen-bond acceptors (Lipinski definition) is 3. The molecule has 1 heterocycles. The molecule has 0 aliphatic carbocycles. The van der Waals surface area contributed by atoms with Gasteiger partial charge >= 0.3 is 0 Å². The van der Waals surface area contributed by atoms with Gasteiger partial charge in [0.25, 0.3) is 0 Å². The maximum absolute atomic E-state index is 11.2. The smallest absolute Gasteiger partial charge is 0.227 e. The summed E-state index contributed by atoms with van der Waals surface area (Å²) in [5, 5.41) is 3.41. The Bertz CT molecular complexity index is 839. The molecule has 21 heavy (non-hydrogen) atoms. The molecule has 5 heteroatoms. The van der Waals surface area contributed by atoms with Crippen molar-refractivity contribution in [3.8, 4) is 11.5 Å². The Labute approximate surface area is 126 Å². The molecule has 0 radical (unpaired) electrons. The van der Waals surface area contributed by atoms with Crippen molar-refractivity contribution < 1.29 is 9.21 Å². The number of carbonyl (C=O) groups is 1. The molecular formula is C16H13ClN2O2. The van der Waals surface area contributed by atoms with Gasteiger partial charge in [-0.2, -0.15) is 0 Å². The van der Waals surface area contributed by atoms with E-state index in [1.165, 1.54) is 6.92 Å². The summed E-state index contributed by atoms with van der Waals surface area (Å²) in [6.45, 7) is 3.41. The molecule has 0 unspecified atom stereocenters. The van der Waals surface area contributed by atoms with Crippen LogP contribution >= 0.6 is 11.6 Å². The van der Waals surface area contributed by atoms with Crippen LogP contribution in [0.15, 0.2) is 40.8 Å². The quantitative estimate of drug-likeness (QED) is 0.762. The zero-order chi connectivity index (χ0) is 15.0. The summed E-state index contributed by atoms with van der Waals surface area (Å²) in [4.78, 5) is 15.7. The molecule has 1 amide bonds. The number of aryl methyl sites for hydroxylation is 1. The molecule has 3 aromatic rings. The minimum Gasteiger partial charge on any atom is -0.436 e. The molecule has 3 rings (SSSR count). The van der Waals surface area contributed by atoms with Crippen molar-refractivity contribution in [2.75, 3.05) is 5.32 Å². The van der Waals surface area contributed by atoms with Crippen LogP contribution in [0.3, 0.4) is 0 Å². The van der Waals surface area contributed by atoms with E-state index in [0.29, 0.717) is 22.0 Å². The van der Waals surface area contributed by atoms with Gasteiger partial charge < -0.3 is 9.73 Å². The van der Waals surface area contributed by atoms with Gasteiger partial charge in [0, 0.05) is 23.2 Å². The van der Waals surface area contributed by atoms with Crippen molar-refractivity contribution in [3.05, 3.63) is 47.0 Å². The fourth-order valence-corrected chi connectivity index (χ4v) is 2.27. The lowest BCUT2D eigenvalue weighted by molar-refractivity contribution is -0.114. The van der Waals surface area contributed by atoms with E-state index in [1.54, 1.807) is 18.2 Å². The second-order valence-electron chi connectivity index (χ2n) is 4.84. The van der Waals surface area contributed by atoms with Gasteiger partial charge in [-0.1, -0.05) is 17.7 Å². The van der Waals surface area contributed by atoms with Crippen LogP contribution in [0.5, 0.6) is 0 Å². The number of benzene rings is 2. The molecule has 106 valence electrons. The first-order valence-electron chi connectivity index (χ1n) is 6.47. The highest BCUT2D eigenvalue weighted by atomic mass is 35.5. The Kier molecular flexibility index (Phi) is 3.39. The van der Waals surface area contributed by atoms with Crippen LogP contribution in [0.2, 0.25) is 5.02 Å². The van der Waals surface area contributed by atoms with Crippen LogP contribution in [-0.2, 0) is 4.79 Å². The Morgan fingerprint density at radius 1 is 1.24 bits per heavy atom. The van der Waals surface area contributed by atoms with Gasteiger partial charge in [0.2, 0.25) is 11.8 Å². The second kappa shape index (κ2) is 5.22. The highest BCUT2D eigenvalue weighted by molar-refractivity contribution is 6.31. The minimum atomic E-state index is -0.111. The molecule has 0 bridgehead atoms. The van der Waals surface area contributed by atoms with Crippen LogP contribution in [0.25, 0.3) is 22.6 Å².